The number of carbonyl (C=O) groups excluding carboxylic acids is 1. The predicted octanol–water partition coefficient (Wildman–Crippen LogP) is 1.03. The maximum Gasteiger partial charge on any atom is 0.217 e. The lowest BCUT2D eigenvalue weighted by molar-refractivity contribution is -0.118. The van der Waals surface area contributed by atoms with E-state index in [0.29, 0.717) is 6.42 Å². The first-order valence-corrected chi connectivity index (χ1v) is 4.76. The molecule has 0 unspecified atom stereocenters. The molecular formula is C9H20N2O. The molecule has 0 saturated heterocycles. The summed E-state index contributed by atoms with van der Waals surface area (Å²) in [5.41, 5.74) is 5.00. The first-order valence-electron chi connectivity index (χ1n) is 4.76. The lowest BCUT2D eigenvalue weighted by Gasteiger charge is -2.01. The Labute approximate surface area is 74.7 Å². The zero-order valence-electron chi connectivity index (χ0n) is 7.94. The number of carbonyl (C=O) groups is 1. The van der Waals surface area contributed by atoms with E-state index in [2.05, 4.69) is 12.2 Å². The van der Waals surface area contributed by atoms with Crippen LogP contribution in [0, 0.1) is 0 Å². The third-order valence-corrected chi connectivity index (χ3v) is 1.70. The lowest BCUT2D eigenvalue weighted by Crippen LogP contribution is -2.16. The van der Waals surface area contributed by atoms with Crippen LogP contribution in [-0.2, 0) is 4.79 Å². The predicted molar refractivity (Wildman–Crippen MR) is 50.8 cm³/mol. The summed E-state index contributed by atoms with van der Waals surface area (Å²) in [6.45, 7) is 4.31. The Bertz CT molecular complexity index is 115. The lowest BCUT2D eigenvalue weighted by atomic mass is 10.2. The number of unbranched alkanes of at least 4 members (excludes halogenated alkanes) is 2. The topological polar surface area (TPSA) is 55.1 Å². The molecule has 0 radical (unpaired) electrons. The molecule has 0 aromatic carbocycles. The van der Waals surface area contributed by atoms with Gasteiger partial charge in [0.15, 0.2) is 0 Å². The molecular weight excluding hydrogens is 152 g/mol. The molecule has 3 nitrogen and oxygen atoms in total. The van der Waals surface area contributed by atoms with Crippen molar-refractivity contribution in [2.75, 3.05) is 13.1 Å². The molecule has 0 aliphatic rings. The van der Waals surface area contributed by atoms with Gasteiger partial charge in [-0.15, -0.1) is 0 Å². The maximum atomic E-state index is 10.3. The molecule has 0 saturated carbocycles. The van der Waals surface area contributed by atoms with E-state index in [1.807, 2.05) is 0 Å². The van der Waals surface area contributed by atoms with Crippen LogP contribution in [0.25, 0.3) is 0 Å². The molecule has 0 spiro atoms. The second-order valence-electron chi connectivity index (χ2n) is 3.03. The van der Waals surface area contributed by atoms with Crippen LogP contribution in [0.15, 0.2) is 0 Å². The largest absolute Gasteiger partial charge is 0.370 e. The van der Waals surface area contributed by atoms with Gasteiger partial charge in [0, 0.05) is 6.42 Å². The van der Waals surface area contributed by atoms with E-state index in [1.165, 1.54) is 6.42 Å². The molecule has 0 aromatic rings. The summed E-state index contributed by atoms with van der Waals surface area (Å²) in [5.74, 6) is -0.184. The van der Waals surface area contributed by atoms with E-state index in [1.54, 1.807) is 0 Å². The van der Waals surface area contributed by atoms with Crippen molar-refractivity contribution in [1.82, 2.24) is 5.32 Å². The van der Waals surface area contributed by atoms with Crippen molar-refractivity contribution in [2.45, 2.75) is 39.0 Å². The van der Waals surface area contributed by atoms with E-state index in [4.69, 9.17) is 5.73 Å². The normalized spacial score (nSPS) is 10.1. The molecule has 0 aliphatic carbocycles. The van der Waals surface area contributed by atoms with Crippen LogP contribution in [0.2, 0.25) is 0 Å². The van der Waals surface area contributed by atoms with Crippen LogP contribution < -0.4 is 11.1 Å². The Balaban J connectivity index is 2.86. The summed E-state index contributed by atoms with van der Waals surface area (Å²) in [4.78, 5) is 10.3. The standard InChI is InChI=1S/C9H20N2O/c1-2-7-11-8-5-3-4-6-9(10)12/h11H,2-8H2,1H3,(H2,10,12). The van der Waals surface area contributed by atoms with Crippen molar-refractivity contribution in [3.8, 4) is 0 Å². The Kier molecular flexibility index (Phi) is 8.12. The second kappa shape index (κ2) is 8.53. The van der Waals surface area contributed by atoms with Gasteiger partial charge in [-0.05, 0) is 32.4 Å². The molecule has 3 N–H and O–H groups in total. The van der Waals surface area contributed by atoms with Crippen LogP contribution in [0.5, 0.6) is 0 Å². The number of hydrogen-bond donors (Lipinski definition) is 2. The summed E-state index contributed by atoms with van der Waals surface area (Å²) < 4.78 is 0. The molecule has 1 amide bonds. The highest BCUT2D eigenvalue weighted by molar-refractivity contribution is 5.73. The van der Waals surface area contributed by atoms with E-state index < -0.39 is 0 Å². The Morgan fingerprint density at radius 3 is 2.58 bits per heavy atom. The molecule has 0 rings (SSSR count). The molecule has 0 heterocycles. The van der Waals surface area contributed by atoms with Gasteiger partial charge in [-0.3, -0.25) is 4.79 Å². The van der Waals surface area contributed by atoms with E-state index in [9.17, 15) is 4.79 Å². The monoisotopic (exact) mass is 172 g/mol. The van der Waals surface area contributed by atoms with Crippen LogP contribution in [0.4, 0.5) is 0 Å². The molecule has 0 aliphatic heterocycles. The van der Waals surface area contributed by atoms with Crippen LogP contribution in [0.1, 0.15) is 39.0 Å². The minimum Gasteiger partial charge on any atom is -0.370 e. The molecule has 0 atom stereocenters. The Morgan fingerprint density at radius 2 is 2.00 bits per heavy atom. The fraction of sp³-hybridized carbons (Fsp3) is 0.889. The number of amides is 1. The SMILES string of the molecule is CCCNCCCCCC(N)=O. The van der Waals surface area contributed by atoms with Gasteiger partial charge >= 0.3 is 0 Å². The molecule has 72 valence electrons. The summed E-state index contributed by atoms with van der Waals surface area (Å²) >= 11 is 0. The highest BCUT2D eigenvalue weighted by Crippen LogP contribution is 1.97. The number of rotatable bonds is 8. The van der Waals surface area contributed by atoms with Crippen molar-refractivity contribution >= 4 is 5.91 Å². The van der Waals surface area contributed by atoms with Crippen LogP contribution in [-0.4, -0.2) is 19.0 Å². The molecule has 0 fully saturated rings. The van der Waals surface area contributed by atoms with Gasteiger partial charge in [-0.25, -0.2) is 0 Å². The number of nitrogens with one attached hydrogen (secondary N) is 1. The van der Waals surface area contributed by atoms with Crippen molar-refractivity contribution in [3.63, 3.8) is 0 Å². The average Bonchev–Trinajstić information content (AvgIpc) is 2.02. The van der Waals surface area contributed by atoms with Gasteiger partial charge in [0.1, 0.15) is 0 Å². The van der Waals surface area contributed by atoms with E-state index in [-0.39, 0.29) is 5.91 Å². The smallest absolute Gasteiger partial charge is 0.217 e. The Hall–Kier alpha value is -0.570. The zero-order chi connectivity index (χ0) is 9.23. The van der Waals surface area contributed by atoms with Gasteiger partial charge in [-0.1, -0.05) is 13.3 Å². The maximum absolute atomic E-state index is 10.3. The summed E-state index contributed by atoms with van der Waals surface area (Å²) in [5, 5.41) is 3.31. The third-order valence-electron chi connectivity index (χ3n) is 1.70. The fourth-order valence-electron chi connectivity index (χ4n) is 1.03. The average molecular weight is 172 g/mol. The quantitative estimate of drug-likeness (QED) is 0.537. The highest BCUT2D eigenvalue weighted by Gasteiger charge is 1.93. The van der Waals surface area contributed by atoms with Crippen LogP contribution >= 0.6 is 0 Å². The highest BCUT2D eigenvalue weighted by atomic mass is 16.1. The van der Waals surface area contributed by atoms with Gasteiger partial charge in [0.2, 0.25) is 5.91 Å². The summed E-state index contributed by atoms with van der Waals surface area (Å²) in [6, 6.07) is 0. The van der Waals surface area contributed by atoms with Crippen molar-refractivity contribution in [1.29, 1.82) is 0 Å². The molecule has 3 heteroatoms. The fourth-order valence-corrected chi connectivity index (χ4v) is 1.03. The van der Waals surface area contributed by atoms with Gasteiger partial charge in [0.05, 0.1) is 0 Å². The molecule has 12 heavy (non-hydrogen) atoms. The summed E-state index contributed by atoms with van der Waals surface area (Å²) in [6.07, 6.45) is 4.89. The van der Waals surface area contributed by atoms with Gasteiger partial charge in [-0.2, -0.15) is 0 Å². The van der Waals surface area contributed by atoms with Crippen LogP contribution in [0.3, 0.4) is 0 Å². The zero-order valence-corrected chi connectivity index (χ0v) is 7.94. The van der Waals surface area contributed by atoms with Gasteiger partial charge < -0.3 is 11.1 Å². The van der Waals surface area contributed by atoms with Gasteiger partial charge in [0.25, 0.3) is 0 Å². The van der Waals surface area contributed by atoms with Crippen molar-refractivity contribution < 1.29 is 4.79 Å². The number of hydrogen-bond acceptors (Lipinski definition) is 2. The third kappa shape index (κ3) is 9.43. The Morgan fingerprint density at radius 1 is 1.25 bits per heavy atom. The van der Waals surface area contributed by atoms with Crippen molar-refractivity contribution in [3.05, 3.63) is 0 Å². The minimum atomic E-state index is -0.184. The second-order valence-corrected chi connectivity index (χ2v) is 3.03. The number of nitrogens with two attached hydrogens (primary N) is 1. The van der Waals surface area contributed by atoms with E-state index in [0.717, 1.165) is 32.4 Å². The molecule has 0 bridgehead atoms. The van der Waals surface area contributed by atoms with E-state index >= 15 is 0 Å². The minimum absolute atomic E-state index is 0.184. The first-order chi connectivity index (χ1) is 5.77. The first kappa shape index (κ1) is 11.4. The number of primary amides is 1. The van der Waals surface area contributed by atoms with Crippen molar-refractivity contribution in [2.24, 2.45) is 5.73 Å². The summed E-state index contributed by atoms with van der Waals surface area (Å²) in [7, 11) is 0. The molecule has 0 aromatic heterocycles.